The number of benzene rings is 2. The van der Waals surface area contributed by atoms with Crippen LogP contribution < -0.4 is 9.47 Å². The van der Waals surface area contributed by atoms with Gasteiger partial charge in [0.25, 0.3) is 0 Å². The zero-order chi connectivity index (χ0) is 18.9. The Kier molecular flexibility index (Phi) is 5.27. The molecule has 2 aromatic rings. The van der Waals surface area contributed by atoms with Gasteiger partial charge in [0.05, 0.1) is 4.90 Å². The Morgan fingerprint density at radius 3 is 2.37 bits per heavy atom. The molecule has 0 atom stereocenters. The van der Waals surface area contributed by atoms with Crippen molar-refractivity contribution in [1.29, 1.82) is 0 Å². The molecule has 0 unspecified atom stereocenters. The van der Waals surface area contributed by atoms with Gasteiger partial charge in [-0.3, -0.25) is 4.90 Å². The lowest BCUT2D eigenvalue weighted by atomic mass is 10.2. The van der Waals surface area contributed by atoms with Crippen LogP contribution in [-0.4, -0.2) is 57.0 Å². The summed E-state index contributed by atoms with van der Waals surface area (Å²) in [6.45, 7) is 3.84. The van der Waals surface area contributed by atoms with Gasteiger partial charge in [-0.2, -0.15) is 4.31 Å². The molecule has 0 aliphatic carbocycles. The van der Waals surface area contributed by atoms with Gasteiger partial charge in [0, 0.05) is 43.8 Å². The summed E-state index contributed by atoms with van der Waals surface area (Å²) in [5.41, 5.74) is 1.06. The molecule has 8 heteroatoms. The second-order valence-corrected chi connectivity index (χ2v) is 8.92. The van der Waals surface area contributed by atoms with Crippen molar-refractivity contribution in [3.05, 3.63) is 53.1 Å². The molecule has 0 aromatic heterocycles. The SMILES string of the molecule is O=S(=O)(c1ccc2c(c1)OCCO2)N1CCN(Cc2ccccc2Cl)CC1. The second-order valence-electron chi connectivity index (χ2n) is 6.58. The number of fused-ring (bicyclic) bond motifs is 1. The van der Waals surface area contributed by atoms with Crippen molar-refractivity contribution in [2.45, 2.75) is 11.4 Å². The van der Waals surface area contributed by atoms with Gasteiger partial charge in [0.1, 0.15) is 13.2 Å². The Morgan fingerprint density at radius 2 is 1.63 bits per heavy atom. The molecule has 0 spiro atoms. The van der Waals surface area contributed by atoms with Crippen LogP contribution in [0.15, 0.2) is 47.4 Å². The molecule has 2 aliphatic heterocycles. The van der Waals surface area contributed by atoms with Gasteiger partial charge in [0.2, 0.25) is 10.0 Å². The van der Waals surface area contributed by atoms with Crippen molar-refractivity contribution in [2.24, 2.45) is 0 Å². The van der Waals surface area contributed by atoms with Gasteiger partial charge in [-0.25, -0.2) is 8.42 Å². The van der Waals surface area contributed by atoms with E-state index in [0.29, 0.717) is 50.9 Å². The molecule has 2 aliphatic rings. The fourth-order valence-electron chi connectivity index (χ4n) is 3.33. The molecule has 1 saturated heterocycles. The summed E-state index contributed by atoms with van der Waals surface area (Å²) >= 11 is 6.23. The maximum Gasteiger partial charge on any atom is 0.243 e. The highest BCUT2D eigenvalue weighted by molar-refractivity contribution is 7.89. The molecule has 144 valence electrons. The highest BCUT2D eigenvalue weighted by Gasteiger charge is 2.29. The van der Waals surface area contributed by atoms with Gasteiger partial charge in [0.15, 0.2) is 11.5 Å². The molecular formula is C19H21ClN2O4S. The maximum absolute atomic E-state index is 13.0. The molecule has 2 aromatic carbocycles. The molecule has 0 bridgehead atoms. The van der Waals surface area contributed by atoms with Crippen LogP contribution in [0.25, 0.3) is 0 Å². The zero-order valence-corrected chi connectivity index (χ0v) is 16.4. The number of nitrogens with zero attached hydrogens (tertiary/aromatic N) is 2. The average molecular weight is 409 g/mol. The number of hydrogen-bond donors (Lipinski definition) is 0. The fourth-order valence-corrected chi connectivity index (χ4v) is 4.96. The van der Waals surface area contributed by atoms with Crippen LogP contribution in [0.1, 0.15) is 5.56 Å². The van der Waals surface area contributed by atoms with E-state index in [-0.39, 0.29) is 4.90 Å². The fraction of sp³-hybridized carbons (Fsp3) is 0.368. The first-order valence-electron chi connectivity index (χ1n) is 8.89. The summed E-state index contributed by atoms with van der Waals surface area (Å²) in [6.07, 6.45) is 0. The van der Waals surface area contributed by atoms with Crippen LogP contribution in [-0.2, 0) is 16.6 Å². The van der Waals surface area contributed by atoms with Crippen molar-refractivity contribution >= 4 is 21.6 Å². The number of ether oxygens (including phenoxy) is 2. The highest BCUT2D eigenvalue weighted by Crippen LogP contribution is 2.33. The van der Waals surface area contributed by atoms with E-state index in [1.165, 1.54) is 4.31 Å². The first kappa shape index (κ1) is 18.6. The lowest BCUT2D eigenvalue weighted by Crippen LogP contribution is -2.48. The predicted octanol–water partition coefficient (Wildman–Crippen LogP) is 2.62. The van der Waals surface area contributed by atoms with Crippen molar-refractivity contribution in [2.75, 3.05) is 39.4 Å². The third kappa shape index (κ3) is 3.91. The van der Waals surface area contributed by atoms with Gasteiger partial charge >= 0.3 is 0 Å². The first-order valence-corrected chi connectivity index (χ1v) is 10.7. The summed E-state index contributed by atoms with van der Waals surface area (Å²) in [4.78, 5) is 2.46. The normalized spacial score (nSPS) is 18.4. The Morgan fingerprint density at radius 1 is 0.926 bits per heavy atom. The highest BCUT2D eigenvalue weighted by atomic mass is 35.5. The van der Waals surface area contributed by atoms with E-state index in [4.69, 9.17) is 21.1 Å². The minimum Gasteiger partial charge on any atom is -0.486 e. The van der Waals surface area contributed by atoms with Gasteiger partial charge in [-0.1, -0.05) is 29.8 Å². The Labute approximate surface area is 164 Å². The monoisotopic (exact) mass is 408 g/mol. The summed E-state index contributed by atoms with van der Waals surface area (Å²) in [5, 5.41) is 0.740. The third-order valence-electron chi connectivity index (χ3n) is 4.83. The quantitative estimate of drug-likeness (QED) is 0.778. The van der Waals surface area contributed by atoms with E-state index in [1.54, 1.807) is 18.2 Å². The van der Waals surface area contributed by atoms with Crippen molar-refractivity contribution in [1.82, 2.24) is 9.21 Å². The van der Waals surface area contributed by atoms with Crippen LogP contribution in [0.3, 0.4) is 0 Å². The molecule has 4 rings (SSSR count). The molecule has 27 heavy (non-hydrogen) atoms. The minimum absolute atomic E-state index is 0.242. The van der Waals surface area contributed by atoms with Gasteiger partial charge in [-0.15, -0.1) is 0 Å². The van der Waals surface area contributed by atoms with E-state index >= 15 is 0 Å². The molecule has 2 heterocycles. The first-order chi connectivity index (χ1) is 13.0. The molecule has 0 saturated carbocycles. The minimum atomic E-state index is -3.55. The molecule has 0 amide bonds. The second kappa shape index (κ2) is 7.67. The van der Waals surface area contributed by atoms with Crippen molar-refractivity contribution in [3.8, 4) is 11.5 Å². The summed E-state index contributed by atoms with van der Waals surface area (Å²) in [5.74, 6) is 1.07. The lowest BCUT2D eigenvalue weighted by Gasteiger charge is -2.34. The molecular weight excluding hydrogens is 388 g/mol. The third-order valence-corrected chi connectivity index (χ3v) is 7.10. The van der Waals surface area contributed by atoms with Gasteiger partial charge in [-0.05, 0) is 23.8 Å². The summed E-state index contributed by atoms with van der Waals surface area (Å²) in [7, 11) is -3.55. The van der Waals surface area contributed by atoms with Crippen molar-refractivity contribution < 1.29 is 17.9 Å². The molecule has 0 radical (unpaired) electrons. The number of piperazine rings is 1. The van der Waals surface area contributed by atoms with E-state index in [0.717, 1.165) is 17.1 Å². The lowest BCUT2D eigenvalue weighted by molar-refractivity contribution is 0.170. The Hall–Kier alpha value is -1.80. The van der Waals surface area contributed by atoms with Crippen LogP contribution >= 0.6 is 11.6 Å². The molecule has 1 fully saturated rings. The number of hydrogen-bond acceptors (Lipinski definition) is 5. The molecule has 6 nitrogen and oxygen atoms in total. The number of rotatable bonds is 4. The van der Waals surface area contributed by atoms with Crippen LogP contribution in [0.5, 0.6) is 11.5 Å². The van der Waals surface area contributed by atoms with Crippen LogP contribution in [0, 0.1) is 0 Å². The van der Waals surface area contributed by atoms with Gasteiger partial charge < -0.3 is 9.47 Å². The smallest absolute Gasteiger partial charge is 0.243 e. The zero-order valence-electron chi connectivity index (χ0n) is 14.8. The Balaban J connectivity index is 1.43. The van der Waals surface area contributed by atoms with E-state index in [2.05, 4.69) is 4.90 Å². The predicted molar refractivity (Wildman–Crippen MR) is 103 cm³/mol. The topological polar surface area (TPSA) is 59.1 Å². The summed E-state index contributed by atoms with van der Waals surface area (Å²) in [6, 6.07) is 12.5. The number of sulfonamides is 1. The van der Waals surface area contributed by atoms with Crippen LogP contribution in [0.2, 0.25) is 5.02 Å². The summed E-state index contributed by atoms with van der Waals surface area (Å²) < 4.78 is 38.5. The maximum atomic E-state index is 13.0. The standard InChI is InChI=1S/C19H21ClN2O4S/c20-17-4-2-1-3-15(17)14-21-7-9-22(10-8-21)27(23,24)16-5-6-18-19(13-16)26-12-11-25-18/h1-6,13H,7-12,14H2. The van der Waals surface area contributed by atoms with E-state index in [1.807, 2.05) is 24.3 Å². The van der Waals surface area contributed by atoms with E-state index in [9.17, 15) is 8.42 Å². The molecule has 0 N–H and O–H groups in total. The van der Waals surface area contributed by atoms with Crippen molar-refractivity contribution in [3.63, 3.8) is 0 Å². The largest absolute Gasteiger partial charge is 0.486 e. The average Bonchev–Trinajstić information content (AvgIpc) is 2.70. The van der Waals surface area contributed by atoms with Crippen LogP contribution in [0.4, 0.5) is 0 Å². The van der Waals surface area contributed by atoms with E-state index < -0.39 is 10.0 Å². The number of halogens is 1. The Bertz CT molecular complexity index is 927.